The van der Waals surface area contributed by atoms with Crippen LogP contribution < -0.4 is 4.90 Å². The fourth-order valence-electron chi connectivity index (χ4n) is 2.42. The summed E-state index contributed by atoms with van der Waals surface area (Å²) in [5.41, 5.74) is 1.94. The molecule has 1 saturated heterocycles. The van der Waals surface area contributed by atoms with Gasteiger partial charge in [-0.15, -0.1) is 0 Å². The third-order valence-electron chi connectivity index (χ3n) is 3.53. The highest BCUT2D eigenvalue weighted by Gasteiger charge is 2.17. The number of anilines is 1. The monoisotopic (exact) mass is 320 g/mol. The van der Waals surface area contributed by atoms with E-state index in [4.69, 9.17) is 4.98 Å². The lowest BCUT2D eigenvalue weighted by atomic mass is 10.3. The molecule has 5 heteroatoms. The summed E-state index contributed by atoms with van der Waals surface area (Å²) in [5.74, 6) is 0.997. The Morgan fingerprint density at radius 2 is 1.79 bits per heavy atom. The molecule has 1 aliphatic rings. The van der Waals surface area contributed by atoms with Gasteiger partial charge in [0.2, 0.25) is 0 Å². The molecule has 0 saturated carbocycles. The molecule has 0 bridgehead atoms. The minimum absolute atomic E-state index is 0.962. The van der Waals surface area contributed by atoms with Gasteiger partial charge in [0.25, 0.3) is 0 Å². The third-order valence-corrected chi connectivity index (χ3v) is 3.89. The number of nitrogens with zero attached hydrogens (tertiary/aromatic N) is 4. The molecule has 1 aromatic heterocycles. The van der Waals surface area contributed by atoms with E-state index in [9.17, 15) is 0 Å². The fourth-order valence-corrected chi connectivity index (χ4v) is 2.92. The molecule has 3 rings (SSSR count). The van der Waals surface area contributed by atoms with Gasteiger partial charge in [0.1, 0.15) is 5.82 Å². The quantitative estimate of drug-likeness (QED) is 0.811. The second-order valence-electron chi connectivity index (χ2n) is 4.73. The molecule has 0 radical (unpaired) electrons. The van der Waals surface area contributed by atoms with E-state index in [1.165, 1.54) is 0 Å². The van der Waals surface area contributed by atoms with Crippen molar-refractivity contribution >= 4 is 32.8 Å². The Balaban J connectivity index is 1.74. The SMILES string of the molecule is BrCCN1CCN(c2cnc3ccccc3n2)CC1. The zero-order valence-electron chi connectivity index (χ0n) is 10.8. The minimum atomic E-state index is 0.962. The molecular weight excluding hydrogens is 304 g/mol. The average Bonchev–Trinajstić information content (AvgIpc) is 2.48. The summed E-state index contributed by atoms with van der Waals surface area (Å²) in [6, 6.07) is 8.03. The first-order valence-electron chi connectivity index (χ1n) is 6.62. The molecule has 100 valence electrons. The lowest BCUT2D eigenvalue weighted by Gasteiger charge is -2.34. The number of rotatable bonds is 3. The number of hydrogen-bond donors (Lipinski definition) is 0. The van der Waals surface area contributed by atoms with Gasteiger partial charge in [0.15, 0.2) is 0 Å². The zero-order valence-corrected chi connectivity index (χ0v) is 12.4. The van der Waals surface area contributed by atoms with Gasteiger partial charge in [-0.3, -0.25) is 9.88 Å². The van der Waals surface area contributed by atoms with Gasteiger partial charge in [0.05, 0.1) is 17.2 Å². The summed E-state index contributed by atoms with van der Waals surface area (Å²) in [6.45, 7) is 5.37. The number of hydrogen-bond acceptors (Lipinski definition) is 4. The topological polar surface area (TPSA) is 32.3 Å². The van der Waals surface area contributed by atoms with Crippen LogP contribution in [-0.2, 0) is 0 Å². The van der Waals surface area contributed by atoms with Crippen LogP contribution in [0.25, 0.3) is 11.0 Å². The Bertz CT molecular complexity index is 552. The molecule has 0 N–H and O–H groups in total. The highest BCUT2D eigenvalue weighted by atomic mass is 79.9. The largest absolute Gasteiger partial charge is 0.353 e. The molecule has 0 amide bonds. The Morgan fingerprint density at radius 3 is 2.53 bits per heavy atom. The van der Waals surface area contributed by atoms with Crippen molar-refractivity contribution < 1.29 is 0 Å². The van der Waals surface area contributed by atoms with Crippen LogP contribution in [0.5, 0.6) is 0 Å². The van der Waals surface area contributed by atoms with Crippen LogP contribution in [0.1, 0.15) is 0 Å². The van der Waals surface area contributed by atoms with E-state index in [2.05, 4.69) is 30.7 Å². The van der Waals surface area contributed by atoms with E-state index < -0.39 is 0 Å². The lowest BCUT2D eigenvalue weighted by Crippen LogP contribution is -2.47. The Hall–Kier alpha value is -1.20. The van der Waals surface area contributed by atoms with E-state index >= 15 is 0 Å². The predicted octanol–water partition coefficient (Wildman–Crippen LogP) is 2.15. The van der Waals surface area contributed by atoms with Gasteiger partial charge in [-0.25, -0.2) is 4.98 Å². The summed E-state index contributed by atoms with van der Waals surface area (Å²) in [4.78, 5) is 14.0. The zero-order chi connectivity index (χ0) is 13.1. The van der Waals surface area contributed by atoms with Crippen LogP contribution in [0, 0.1) is 0 Å². The molecule has 2 heterocycles. The van der Waals surface area contributed by atoms with Crippen LogP contribution in [0.4, 0.5) is 5.82 Å². The second-order valence-corrected chi connectivity index (χ2v) is 5.53. The maximum Gasteiger partial charge on any atom is 0.147 e. The van der Waals surface area contributed by atoms with Crippen LogP contribution >= 0.6 is 15.9 Å². The smallest absolute Gasteiger partial charge is 0.147 e. The lowest BCUT2D eigenvalue weighted by molar-refractivity contribution is 0.273. The minimum Gasteiger partial charge on any atom is -0.353 e. The number of halogens is 1. The number of aromatic nitrogens is 2. The Kier molecular flexibility index (Phi) is 3.94. The normalized spacial score (nSPS) is 17.0. The van der Waals surface area contributed by atoms with E-state index in [-0.39, 0.29) is 0 Å². The van der Waals surface area contributed by atoms with E-state index in [0.717, 1.165) is 54.9 Å². The summed E-state index contributed by atoms with van der Waals surface area (Å²) in [7, 11) is 0. The Labute approximate surface area is 121 Å². The van der Waals surface area contributed by atoms with Crippen molar-refractivity contribution in [1.29, 1.82) is 0 Å². The number of benzene rings is 1. The fraction of sp³-hybridized carbons (Fsp3) is 0.429. The predicted molar refractivity (Wildman–Crippen MR) is 82.0 cm³/mol. The molecular formula is C14H17BrN4. The number of fused-ring (bicyclic) bond motifs is 1. The van der Waals surface area contributed by atoms with Crippen LogP contribution in [0.2, 0.25) is 0 Å². The van der Waals surface area contributed by atoms with Crippen molar-refractivity contribution in [2.75, 3.05) is 43.0 Å². The van der Waals surface area contributed by atoms with Crippen LogP contribution in [0.3, 0.4) is 0 Å². The van der Waals surface area contributed by atoms with Crippen molar-refractivity contribution in [3.05, 3.63) is 30.5 Å². The standard InChI is InChI=1S/C14H17BrN4/c15-5-6-18-7-9-19(10-8-18)14-11-16-12-3-1-2-4-13(12)17-14/h1-4,11H,5-10H2. The van der Waals surface area contributed by atoms with E-state index in [1.54, 1.807) is 0 Å². The highest BCUT2D eigenvalue weighted by Crippen LogP contribution is 2.16. The van der Waals surface area contributed by atoms with Crippen LogP contribution in [-0.4, -0.2) is 52.9 Å². The molecule has 19 heavy (non-hydrogen) atoms. The maximum absolute atomic E-state index is 4.71. The van der Waals surface area contributed by atoms with Gasteiger partial charge in [-0.05, 0) is 12.1 Å². The van der Waals surface area contributed by atoms with Crippen molar-refractivity contribution in [2.45, 2.75) is 0 Å². The van der Waals surface area contributed by atoms with Crippen LogP contribution in [0.15, 0.2) is 30.5 Å². The number of para-hydroxylation sites is 2. The summed E-state index contributed by atoms with van der Waals surface area (Å²) < 4.78 is 0. The highest BCUT2D eigenvalue weighted by molar-refractivity contribution is 9.09. The third kappa shape index (κ3) is 2.87. The van der Waals surface area contributed by atoms with Gasteiger partial charge in [-0.2, -0.15) is 0 Å². The molecule has 0 atom stereocenters. The molecule has 0 unspecified atom stereocenters. The molecule has 0 aliphatic carbocycles. The van der Waals surface area contributed by atoms with Gasteiger partial charge < -0.3 is 4.90 Å². The molecule has 1 aromatic carbocycles. The van der Waals surface area contributed by atoms with Crippen molar-refractivity contribution in [2.24, 2.45) is 0 Å². The first kappa shape index (κ1) is 12.8. The summed E-state index contributed by atoms with van der Waals surface area (Å²) in [6.07, 6.45) is 1.89. The van der Waals surface area contributed by atoms with Crippen molar-refractivity contribution in [3.63, 3.8) is 0 Å². The van der Waals surface area contributed by atoms with Gasteiger partial charge >= 0.3 is 0 Å². The summed E-state index contributed by atoms with van der Waals surface area (Å²) >= 11 is 3.49. The molecule has 4 nitrogen and oxygen atoms in total. The van der Waals surface area contributed by atoms with Crippen molar-refractivity contribution in [3.8, 4) is 0 Å². The van der Waals surface area contributed by atoms with E-state index in [0.29, 0.717) is 0 Å². The molecule has 2 aromatic rings. The molecule has 1 aliphatic heterocycles. The van der Waals surface area contributed by atoms with Crippen molar-refractivity contribution in [1.82, 2.24) is 14.9 Å². The van der Waals surface area contributed by atoms with Gasteiger partial charge in [-0.1, -0.05) is 28.1 Å². The second kappa shape index (κ2) is 5.84. The summed E-state index contributed by atoms with van der Waals surface area (Å²) in [5, 5.41) is 1.04. The number of alkyl halides is 1. The number of piperazine rings is 1. The Morgan fingerprint density at radius 1 is 1.05 bits per heavy atom. The van der Waals surface area contributed by atoms with Gasteiger partial charge in [0, 0.05) is 38.1 Å². The first-order valence-corrected chi connectivity index (χ1v) is 7.74. The average molecular weight is 321 g/mol. The van der Waals surface area contributed by atoms with E-state index in [1.807, 2.05) is 30.5 Å². The molecule has 1 fully saturated rings. The molecule has 0 spiro atoms. The first-order chi connectivity index (χ1) is 9.36. The maximum atomic E-state index is 4.71.